The molecule has 0 saturated heterocycles. The molecule has 0 amide bonds. The SMILES string of the molecule is O=CB[SH](=O)=O. The van der Waals surface area contributed by atoms with Gasteiger partial charge in [0.1, 0.15) is 10.6 Å². The number of carbonyl (C=O) groups excluding carboxylic acids is 1. The molecule has 0 aromatic rings. The Bertz CT molecular complexity index is 97.4. The van der Waals surface area contributed by atoms with E-state index in [1.54, 1.807) is 0 Å². The van der Waals surface area contributed by atoms with Crippen LogP contribution in [0.25, 0.3) is 0 Å². The summed E-state index contributed by atoms with van der Waals surface area (Å²) in [4.78, 5) is 9.23. The highest BCUT2D eigenvalue weighted by Crippen LogP contribution is 1.45. The standard InChI is InChI=1S/CH3BO3S/c3-1-2-6(4)5/h1-2,6H. The predicted molar refractivity (Wildman–Crippen MR) is 24.2 cm³/mol. The zero-order chi connectivity index (χ0) is 4.99. The molecule has 0 saturated carbocycles. The van der Waals surface area contributed by atoms with Crippen molar-refractivity contribution in [1.82, 2.24) is 0 Å². The lowest BCUT2D eigenvalue weighted by Gasteiger charge is -1.56. The molecule has 0 aromatic heterocycles. The largest absolute Gasteiger partial charge is 0.343 e. The van der Waals surface area contributed by atoms with Crippen LogP contribution in [0.15, 0.2) is 0 Å². The van der Waals surface area contributed by atoms with Crippen molar-refractivity contribution in [1.29, 1.82) is 0 Å². The molecule has 0 bridgehead atoms. The van der Waals surface area contributed by atoms with E-state index in [0.29, 0.717) is 6.19 Å². The molecule has 0 radical (unpaired) electrons. The lowest BCUT2D eigenvalue weighted by atomic mass is 10.2. The minimum absolute atomic E-state index is 0.352. The van der Waals surface area contributed by atoms with Crippen molar-refractivity contribution >= 4 is 23.3 Å². The third-order valence-corrected chi connectivity index (χ3v) is 0.671. The molecular weight excluding hydrogens is 103 g/mol. The summed E-state index contributed by atoms with van der Waals surface area (Å²) in [5.41, 5.74) is 0. The molecule has 0 heterocycles. The van der Waals surface area contributed by atoms with Gasteiger partial charge in [-0.05, 0) is 0 Å². The number of hydrogen-bond acceptors (Lipinski definition) is 3. The molecular formula is CH3BO3S. The fraction of sp³-hybridized carbons (Fsp3) is 0. The topological polar surface area (TPSA) is 51.2 Å². The van der Waals surface area contributed by atoms with Crippen molar-refractivity contribution < 1.29 is 13.2 Å². The fourth-order valence-corrected chi connectivity index (χ4v) is 0.183. The smallest absolute Gasteiger partial charge is 0.314 e. The minimum Gasteiger partial charge on any atom is -0.314 e. The van der Waals surface area contributed by atoms with E-state index in [4.69, 9.17) is 0 Å². The lowest BCUT2D eigenvalue weighted by molar-refractivity contribution is 0.568. The Hall–Kier alpha value is -0.315. The van der Waals surface area contributed by atoms with Crippen molar-refractivity contribution in [2.75, 3.05) is 0 Å². The summed E-state index contributed by atoms with van der Waals surface area (Å²) in [5, 5.41) is 0. The summed E-state index contributed by atoms with van der Waals surface area (Å²) in [5.74, 6) is 0. The molecule has 6 heavy (non-hydrogen) atoms. The summed E-state index contributed by atoms with van der Waals surface area (Å²) in [6.07, 6.45) is 0.353. The van der Waals surface area contributed by atoms with Crippen molar-refractivity contribution in [2.24, 2.45) is 0 Å². The molecule has 3 nitrogen and oxygen atoms in total. The number of rotatable bonds is 2. The second-order valence-electron chi connectivity index (χ2n) is 0.682. The highest BCUT2D eigenvalue weighted by Gasteiger charge is 1.82. The van der Waals surface area contributed by atoms with Crippen molar-refractivity contribution in [2.45, 2.75) is 0 Å². The van der Waals surface area contributed by atoms with Gasteiger partial charge in [-0.2, -0.15) is 0 Å². The molecule has 0 atom stereocenters. The maximum atomic E-state index is 9.41. The van der Waals surface area contributed by atoms with Gasteiger partial charge in [0.25, 0.3) is 0 Å². The van der Waals surface area contributed by atoms with Crippen molar-refractivity contribution in [3.63, 3.8) is 0 Å². The maximum Gasteiger partial charge on any atom is 0.343 e. The zero-order valence-corrected chi connectivity index (χ0v) is 3.85. The summed E-state index contributed by atoms with van der Waals surface area (Å²) in [6, 6.07) is 0. The van der Waals surface area contributed by atoms with Gasteiger partial charge in [-0.1, -0.05) is 0 Å². The Labute approximate surface area is 37.4 Å². The van der Waals surface area contributed by atoms with Crippen molar-refractivity contribution in [3.8, 4) is 0 Å². The van der Waals surface area contributed by atoms with Crippen LogP contribution in [0.2, 0.25) is 0 Å². The van der Waals surface area contributed by atoms with Gasteiger partial charge in [-0.15, -0.1) is 0 Å². The van der Waals surface area contributed by atoms with Gasteiger partial charge in [0.2, 0.25) is 0 Å². The van der Waals surface area contributed by atoms with Gasteiger partial charge in [0, 0.05) is 0 Å². The molecule has 0 N–H and O–H groups in total. The van der Waals surface area contributed by atoms with Crippen LogP contribution in [0.5, 0.6) is 0 Å². The minimum atomic E-state index is -2.47. The maximum absolute atomic E-state index is 9.41. The van der Waals surface area contributed by atoms with E-state index in [1.807, 2.05) is 0 Å². The number of thiol groups is 1. The van der Waals surface area contributed by atoms with Gasteiger partial charge in [-0.3, -0.25) is 0 Å². The molecule has 0 unspecified atom stereocenters. The summed E-state index contributed by atoms with van der Waals surface area (Å²) in [6.45, 7) is -0.352. The Morgan fingerprint density at radius 1 is 1.50 bits per heavy atom. The molecule has 0 aliphatic heterocycles. The summed E-state index contributed by atoms with van der Waals surface area (Å²) < 4.78 is 18.8. The molecule has 0 fully saturated rings. The number of hydrogen-bond donors (Lipinski definition) is 1. The molecule has 5 heteroatoms. The monoisotopic (exact) mass is 106 g/mol. The summed E-state index contributed by atoms with van der Waals surface area (Å²) in [7, 11) is -2.47. The zero-order valence-electron chi connectivity index (χ0n) is 2.96. The molecule has 0 aromatic carbocycles. The Morgan fingerprint density at radius 2 is 2.00 bits per heavy atom. The Balaban J connectivity index is 3.32. The van der Waals surface area contributed by atoms with Crippen molar-refractivity contribution in [3.05, 3.63) is 0 Å². The Kier molecular flexibility index (Phi) is 2.75. The first kappa shape index (κ1) is 5.68. The second-order valence-corrected chi connectivity index (χ2v) is 1.71. The van der Waals surface area contributed by atoms with Gasteiger partial charge in [-0.25, -0.2) is 8.42 Å². The first-order valence-corrected chi connectivity index (χ1v) is 2.69. The van der Waals surface area contributed by atoms with Crippen LogP contribution in [-0.2, 0) is 15.3 Å². The summed E-state index contributed by atoms with van der Waals surface area (Å²) >= 11 is 0. The van der Waals surface area contributed by atoms with Crippen LogP contribution >= 0.6 is 0 Å². The van der Waals surface area contributed by atoms with E-state index in [9.17, 15) is 13.2 Å². The normalized spacial score (nSPS) is 8.17. The van der Waals surface area contributed by atoms with Gasteiger partial charge in [0.05, 0.1) is 6.19 Å². The van der Waals surface area contributed by atoms with E-state index in [1.165, 1.54) is 0 Å². The van der Waals surface area contributed by atoms with Gasteiger partial charge >= 0.3 is 6.56 Å². The van der Waals surface area contributed by atoms with E-state index < -0.39 is 10.6 Å². The quantitative estimate of drug-likeness (QED) is 0.255. The molecule has 34 valence electrons. The predicted octanol–water partition coefficient (Wildman–Crippen LogP) is -1.86. The van der Waals surface area contributed by atoms with E-state index in [-0.39, 0.29) is 6.56 Å². The third kappa shape index (κ3) is 3.68. The van der Waals surface area contributed by atoms with Crippen LogP contribution in [0.4, 0.5) is 0 Å². The van der Waals surface area contributed by atoms with Crippen LogP contribution < -0.4 is 0 Å². The first-order chi connectivity index (χ1) is 2.77. The average molecular weight is 106 g/mol. The van der Waals surface area contributed by atoms with Crippen LogP contribution in [0, 0.1) is 0 Å². The molecule has 0 aliphatic rings. The molecule has 0 rings (SSSR count). The first-order valence-electron chi connectivity index (χ1n) is 1.33. The van der Waals surface area contributed by atoms with Crippen LogP contribution in [0.3, 0.4) is 0 Å². The molecule has 0 spiro atoms. The van der Waals surface area contributed by atoms with Gasteiger partial charge in [0.15, 0.2) is 0 Å². The van der Waals surface area contributed by atoms with E-state index in [2.05, 4.69) is 0 Å². The number of carbonyl (C=O) groups is 1. The second kappa shape index (κ2) is 2.90. The lowest BCUT2D eigenvalue weighted by Crippen LogP contribution is -1.91. The Morgan fingerprint density at radius 3 is 2.00 bits per heavy atom. The van der Waals surface area contributed by atoms with Gasteiger partial charge < -0.3 is 4.79 Å². The van der Waals surface area contributed by atoms with Crippen LogP contribution in [-0.4, -0.2) is 21.2 Å². The van der Waals surface area contributed by atoms with E-state index >= 15 is 0 Å². The average Bonchev–Trinajstić information content (AvgIpc) is 1.35. The third-order valence-electron chi connectivity index (χ3n) is 0.224. The fourth-order valence-electron chi connectivity index (χ4n) is 0.0609. The van der Waals surface area contributed by atoms with Crippen LogP contribution in [0.1, 0.15) is 0 Å². The van der Waals surface area contributed by atoms with E-state index in [0.717, 1.165) is 0 Å². The highest BCUT2D eigenvalue weighted by molar-refractivity contribution is 8.02. The highest BCUT2D eigenvalue weighted by atomic mass is 32.2. The molecule has 0 aliphatic carbocycles.